The van der Waals surface area contributed by atoms with Gasteiger partial charge in [0.25, 0.3) is 0 Å². The summed E-state index contributed by atoms with van der Waals surface area (Å²) in [5, 5.41) is 0. The van der Waals surface area contributed by atoms with Crippen LogP contribution in [0.3, 0.4) is 0 Å². The highest BCUT2D eigenvalue weighted by atomic mass is 79.9. The maximum Gasteiger partial charge on any atom is 0.224 e. The van der Waals surface area contributed by atoms with Gasteiger partial charge in [-0.1, -0.05) is 22.0 Å². The van der Waals surface area contributed by atoms with Crippen LogP contribution in [0, 0.1) is 0 Å². The van der Waals surface area contributed by atoms with Gasteiger partial charge < -0.3 is 14.7 Å². The molecule has 2 amide bonds. The number of halogens is 1. The second-order valence-corrected chi connectivity index (χ2v) is 6.50. The van der Waals surface area contributed by atoms with Crippen molar-refractivity contribution in [2.24, 2.45) is 0 Å². The van der Waals surface area contributed by atoms with E-state index in [0.717, 1.165) is 36.3 Å². The highest BCUT2D eigenvalue weighted by molar-refractivity contribution is 9.10. The molecule has 0 radical (unpaired) electrons. The van der Waals surface area contributed by atoms with E-state index in [0.29, 0.717) is 13.0 Å². The third-order valence-electron chi connectivity index (χ3n) is 3.91. The summed E-state index contributed by atoms with van der Waals surface area (Å²) in [7, 11) is 2.06. The Hall–Kier alpha value is -1.40. The normalized spacial score (nSPS) is 15.7. The minimum atomic E-state index is -0.0516. The lowest BCUT2D eigenvalue weighted by atomic mass is 10.2. The number of rotatable bonds is 4. The van der Waals surface area contributed by atoms with Crippen LogP contribution in [0.5, 0.6) is 0 Å². The number of likely N-dealkylation sites (N-methyl/N-ethyl adjacent to an activating group) is 1. The van der Waals surface area contributed by atoms with Gasteiger partial charge in [-0.25, -0.2) is 0 Å². The van der Waals surface area contributed by atoms with Crippen molar-refractivity contribution in [3.63, 3.8) is 0 Å². The van der Waals surface area contributed by atoms with Crippen LogP contribution in [0.2, 0.25) is 0 Å². The molecule has 1 aromatic rings. The average Bonchev–Trinajstić information content (AvgIpc) is 2.47. The molecule has 1 aliphatic rings. The summed E-state index contributed by atoms with van der Waals surface area (Å²) in [6.07, 6.45) is 0.357. The van der Waals surface area contributed by atoms with Crippen LogP contribution in [0.15, 0.2) is 28.7 Å². The zero-order chi connectivity index (χ0) is 16.1. The van der Waals surface area contributed by atoms with E-state index in [1.165, 1.54) is 6.92 Å². The Balaban J connectivity index is 1.95. The van der Waals surface area contributed by atoms with Crippen LogP contribution in [0.25, 0.3) is 0 Å². The summed E-state index contributed by atoms with van der Waals surface area (Å²) in [4.78, 5) is 29.9. The number of nitrogens with zero attached hydrogens (tertiary/aromatic N) is 3. The van der Waals surface area contributed by atoms with Gasteiger partial charge in [-0.15, -0.1) is 0 Å². The van der Waals surface area contributed by atoms with Gasteiger partial charge >= 0.3 is 0 Å². The molecule has 2 rings (SSSR count). The summed E-state index contributed by atoms with van der Waals surface area (Å²) in [6, 6.07) is 7.57. The molecule has 0 spiro atoms. The van der Waals surface area contributed by atoms with Crippen molar-refractivity contribution in [1.29, 1.82) is 0 Å². The van der Waals surface area contributed by atoms with Gasteiger partial charge in [0.2, 0.25) is 11.8 Å². The minimum absolute atomic E-state index is 0.0516. The van der Waals surface area contributed by atoms with Crippen LogP contribution in [-0.2, 0) is 9.59 Å². The summed E-state index contributed by atoms with van der Waals surface area (Å²) < 4.78 is 0.918. The fourth-order valence-electron chi connectivity index (χ4n) is 2.53. The minimum Gasteiger partial charge on any atom is -0.340 e. The number of carbonyl (C=O) groups is 2. The molecule has 0 aliphatic carbocycles. The zero-order valence-corrected chi connectivity index (χ0v) is 14.7. The van der Waals surface area contributed by atoms with Crippen LogP contribution in [0.4, 0.5) is 5.69 Å². The molecule has 120 valence electrons. The molecule has 0 unspecified atom stereocenters. The predicted molar refractivity (Wildman–Crippen MR) is 90.9 cm³/mol. The van der Waals surface area contributed by atoms with Crippen LogP contribution < -0.4 is 4.90 Å². The summed E-state index contributed by atoms with van der Waals surface area (Å²) in [5.41, 5.74) is 0.813. The Morgan fingerprint density at radius 3 is 2.50 bits per heavy atom. The van der Waals surface area contributed by atoms with Crippen LogP contribution >= 0.6 is 15.9 Å². The predicted octanol–water partition coefficient (Wildman–Crippen LogP) is 1.97. The molecule has 5 nitrogen and oxygen atoms in total. The van der Waals surface area contributed by atoms with E-state index in [2.05, 4.69) is 27.9 Å². The third-order valence-corrected chi connectivity index (χ3v) is 4.40. The number of hydrogen-bond donors (Lipinski definition) is 0. The molecule has 0 saturated carbocycles. The van der Waals surface area contributed by atoms with Gasteiger partial charge in [0, 0.05) is 56.2 Å². The lowest BCUT2D eigenvalue weighted by Crippen LogP contribution is -2.47. The quantitative estimate of drug-likeness (QED) is 0.816. The van der Waals surface area contributed by atoms with E-state index in [-0.39, 0.29) is 11.8 Å². The number of anilines is 1. The van der Waals surface area contributed by atoms with Gasteiger partial charge in [-0.3, -0.25) is 9.59 Å². The van der Waals surface area contributed by atoms with Gasteiger partial charge in [-0.2, -0.15) is 0 Å². The Kier molecular flexibility index (Phi) is 5.97. The maximum absolute atomic E-state index is 12.3. The molecule has 1 saturated heterocycles. The first-order chi connectivity index (χ1) is 10.5. The molecule has 1 fully saturated rings. The molecule has 0 atom stereocenters. The Morgan fingerprint density at radius 2 is 1.91 bits per heavy atom. The van der Waals surface area contributed by atoms with Crippen molar-refractivity contribution in [2.45, 2.75) is 13.3 Å². The fourth-order valence-corrected chi connectivity index (χ4v) is 2.92. The second kappa shape index (κ2) is 7.74. The monoisotopic (exact) mass is 367 g/mol. The molecule has 0 N–H and O–H groups in total. The number of hydrogen-bond acceptors (Lipinski definition) is 3. The number of benzene rings is 1. The first-order valence-corrected chi connectivity index (χ1v) is 8.26. The summed E-state index contributed by atoms with van der Waals surface area (Å²) >= 11 is 3.41. The lowest BCUT2D eigenvalue weighted by Gasteiger charge is -2.33. The highest BCUT2D eigenvalue weighted by Crippen LogP contribution is 2.20. The number of carbonyl (C=O) groups excluding carboxylic acids is 2. The molecule has 22 heavy (non-hydrogen) atoms. The molecular formula is C16H22BrN3O2. The first-order valence-electron chi connectivity index (χ1n) is 7.47. The van der Waals surface area contributed by atoms with E-state index >= 15 is 0 Å². The van der Waals surface area contributed by atoms with Gasteiger partial charge in [0.15, 0.2) is 0 Å². The van der Waals surface area contributed by atoms with Gasteiger partial charge in [0.05, 0.1) is 0 Å². The number of piperazine rings is 1. The van der Waals surface area contributed by atoms with Gasteiger partial charge in [0.1, 0.15) is 0 Å². The largest absolute Gasteiger partial charge is 0.340 e. The molecule has 1 heterocycles. The van der Waals surface area contributed by atoms with E-state index in [9.17, 15) is 9.59 Å². The molecule has 6 heteroatoms. The van der Waals surface area contributed by atoms with Gasteiger partial charge in [-0.05, 0) is 25.2 Å². The maximum atomic E-state index is 12.3. The molecular weight excluding hydrogens is 346 g/mol. The number of amides is 2. The van der Waals surface area contributed by atoms with Crippen molar-refractivity contribution in [3.8, 4) is 0 Å². The van der Waals surface area contributed by atoms with Crippen molar-refractivity contribution < 1.29 is 9.59 Å². The van der Waals surface area contributed by atoms with Crippen molar-refractivity contribution in [2.75, 3.05) is 44.7 Å². The average molecular weight is 368 g/mol. The van der Waals surface area contributed by atoms with E-state index in [1.807, 2.05) is 29.2 Å². The molecule has 1 aromatic carbocycles. The van der Waals surface area contributed by atoms with Crippen LogP contribution in [-0.4, -0.2) is 61.4 Å². The van der Waals surface area contributed by atoms with Crippen LogP contribution in [0.1, 0.15) is 13.3 Å². The van der Waals surface area contributed by atoms with E-state index in [4.69, 9.17) is 0 Å². The molecule has 0 bridgehead atoms. The van der Waals surface area contributed by atoms with Crippen molar-refractivity contribution in [3.05, 3.63) is 28.7 Å². The Bertz CT molecular complexity index is 542. The SMILES string of the molecule is CC(=O)N(CCC(=O)N1CCN(C)CC1)c1cccc(Br)c1. The smallest absolute Gasteiger partial charge is 0.224 e. The van der Waals surface area contributed by atoms with Crippen molar-refractivity contribution in [1.82, 2.24) is 9.80 Å². The molecule has 0 aromatic heterocycles. The summed E-state index contributed by atoms with van der Waals surface area (Å²) in [6.45, 7) is 5.30. The standard InChI is InChI=1S/C16H22BrN3O2/c1-13(21)20(15-5-3-4-14(17)12-15)7-6-16(22)19-10-8-18(2)9-11-19/h3-5,12H,6-11H2,1-2H3. The Labute approximate surface area is 140 Å². The zero-order valence-electron chi connectivity index (χ0n) is 13.1. The molecule has 1 aliphatic heterocycles. The topological polar surface area (TPSA) is 43.9 Å². The summed E-state index contributed by atoms with van der Waals surface area (Å²) in [5.74, 6) is 0.0682. The van der Waals surface area contributed by atoms with Crippen molar-refractivity contribution >= 4 is 33.4 Å². The van der Waals surface area contributed by atoms with E-state index in [1.54, 1.807) is 4.90 Å². The first kappa shape index (κ1) is 17.0. The highest BCUT2D eigenvalue weighted by Gasteiger charge is 2.20. The van der Waals surface area contributed by atoms with E-state index < -0.39 is 0 Å². The fraction of sp³-hybridized carbons (Fsp3) is 0.500. The second-order valence-electron chi connectivity index (χ2n) is 5.58. The lowest BCUT2D eigenvalue weighted by molar-refractivity contribution is -0.132. The Morgan fingerprint density at radius 1 is 1.23 bits per heavy atom. The third kappa shape index (κ3) is 4.55.